The molecule has 11 nitrogen and oxygen atoms in total. The van der Waals surface area contributed by atoms with Crippen molar-refractivity contribution in [1.82, 2.24) is 19.9 Å². The highest BCUT2D eigenvalue weighted by molar-refractivity contribution is 5.87. The van der Waals surface area contributed by atoms with Gasteiger partial charge in [0.05, 0.1) is 30.3 Å². The van der Waals surface area contributed by atoms with E-state index in [4.69, 9.17) is 25.2 Å². The second-order valence-corrected chi connectivity index (χ2v) is 9.82. The molecule has 1 aliphatic carbocycles. The third kappa shape index (κ3) is 5.65. The monoisotopic (exact) mass is 524 g/mol. The van der Waals surface area contributed by atoms with E-state index in [1.165, 1.54) is 31.4 Å². The molecule has 0 spiro atoms. The number of ether oxygens (including phenoxy) is 3. The minimum atomic E-state index is -1.22. The molecule has 2 fully saturated rings. The summed E-state index contributed by atoms with van der Waals surface area (Å²) >= 11 is 0. The highest BCUT2D eigenvalue weighted by atomic mass is 19.1. The van der Waals surface area contributed by atoms with Gasteiger partial charge in [0.25, 0.3) is 0 Å². The van der Waals surface area contributed by atoms with Crippen molar-refractivity contribution in [2.24, 2.45) is 11.1 Å². The van der Waals surface area contributed by atoms with Gasteiger partial charge in [-0.15, -0.1) is 0 Å². The summed E-state index contributed by atoms with van der Waals surface area (Å²) in [6, 6.07) is 8.05. The highest BCUT2D eigenvalue weighted by Gasteiger charge is 2.43. The number of hydrogen-bond donors (Lipinski definition) is 3. The summed E-state index contributed by atoms with van der Waals surface area (Å²) in [5, 5.41) is 3.43. The molecule has 1 saturated carbocycles. The number of hydrogen-bond acceptors (Lipinski definition) is 9. The summed E-state index contributed by atoms with van der Waals surface area (Å²) in [5.41, 5.74) is 6.10. The maximum atomic E-state index is 13.7. The van der Waals surface area contributed by atoms with E-state index in [-0.39, 0.29) is 19.0 Å². The van der Waals surface area contributed by atoms with Gasteiger partial charge in [-0.1, -0.05) is 19.3 Å². The number of imidazole rings is 1. The van der Waals surface area contributed by atoms with E-state index in [2.05, 4.69) is 20.0 Å². The Morgan fingerprint density at radius 2 is 1.82 bits per heavy atom. The van der Waals surface area contributed by atoms with Crippen LogP contribution in [0.3, 0.4) is 0 Å². The molecule has 38 heavy (non-hydrogen) atoms. The molecule has 12 heteroatoms. The predicted octanol–water partition coefficient (Wildman–Crippen LogP) is 4.09. The van der Waals surface area contributed by atoms with Crippen molar-refractivity contribution in [2.45, 2.75) is 51.4 Å². The van der Waals surface area contributed by atoms with Crippen molar-refractivity contribution >= 4 is 18.0 Å². The van der Waals surface area contributed by atoms with Gasteiger partial charge >= 0.3 is 12.1 Å². The zero-order chi connectivity index (χ0) is 26.7. The summed E-state index contributed by atoms with van der Waals surface area (Å²) < 4.78 is 29.7. The van der Waals surface area contributed by atoms with Crippen LogP contribution in [-0.4, -0.2) is 51.3 Å². The number of H-pyrrole nitrogens is 1. The number of esters is 1. The van der Waals surface area contributed by atoms with Crippen LogP contribution in [0.2, 0.25) is 0 Å². The number of halogens is 1. The molecular weight excluding hydrogens is 495 g/mol. The topological polar surface area (TPSA) is 154 Å². The Kier molecular flexibility index (Phi) is 7.34. The van der Waals surface area contributed by atoms with Crippen LogP contribution < -0.4 is 11.1 Å². The quantitative estimate of drug-likeness (QED) is 0.319. The van der Waals surface area contributed by atoms with Crippen LogP contribution in [0, 0.1) is 11.2 Å². The van der Waals surface area contributed by atoms with Gasteiger partial charge in [0.2, 0.25) is 12.2 Å². The SMILES string of the molecule is CC1(C(=O)OC(N)=O)COC(c2nc(-c3ccc(F)cc3)c(-c3ccnc(NC4CCCCC4)n3)[nH]2)OC1. The van der Waals surface area contributed by atoms with Gasteiger partial charge in [0.1, 0.15) is 11.2 Å². The molecule has 200 valence electrons. The minimum Gasteiger partial charge on any atom is -0.376 e. The van der Waals surface area contributed by atoms with E-state index < -0.39 is 23.8 Å². The molecule has 2 aliphatic rings. The van der Waals surface area contributed by atoms with E-state index in [9.17, 15) is 14.0 Å². The summed E-state index contributed by atoms with van der Waals surface area (Å²) in [5.74, 6) is -0.350. The van der Waals surface area contributed by atoms with Crippen molar-refractivity contribution in [2.75, 3.05) is 18.5 Å². The molecule has 4 N–H and O–H groups in total. The number of rotatable bonds is 6. The predicted molar refractivity (Wildman–Crippen MR) is 134 cm³/mol. The zero-order valence-corrected chi connectivity index (χ0v) is 20.9. The third-order valence-corrected chi connectivity index (χ3v) is 6.71. The lowest BCUT2D eigenvalue weighted by molar-refractivity contribution is -0.236. The first-order chi connectivity index (χ1) is 18.3. The Balaban J connectivity index is 1.42. The number of anilines is 1. The summed E-state index contributed by atoms with van der Waals surface area (Å²) in [6.45, 7) is 1.37. The number of carbonyl (C=O) groups excluding carboxylic acids is 2. The van der Waals surface area contributed by atoms with Crippen LogP contribution >= 0.6 is 0 Å². The number of aromatic amines is 1. The lowest BCUT2D eigenvalue weighted by Crippen LogP contribution is -2.45. The molecule has 5 rings (SSSR count). The number of nitrogens with zero attached hydrogens (tertiary/aromatic N) is 3. The van der Waals surface area contributed by atoms with Gasteiger partial charge in [0, 0.05) is 17.8 Å². The summed E-state index contributed by atoms with van der Waals surface area (Å²) in [6.07, 6.45) is 5.29. The van der Waals surface area contributed by atoms with Crippen molar-refractivity contribution in [3.05, 3.63) is 48.2 Å². The third-order valence-electron chi connectivity index (χ3n) is 6.71. The molecule has 0 atom stereocenters. The minimum absolute atomic E-state index is 0.0886. The molecular formula is C26H29FN6O5. The fourth-order valence-electron chi connectivity index (χ4n) is 4.60. The molecule has 0 unspecified atom stereocenters. The van der Waals surface area contributed by atoms with Crippen molar-refractivity contribution in [3.63, 3.8) is 0 Å². The lowest BCUT2D eigenvalue weighted by Gasteiger charge is -2.34. The molecule has 2 aromatic heterocycles. The largest absolute Gasteiger partial charge is 0.412 e. The van der Waals surface area contributed by atoms with E-state index >= 15 is 0 Å². The van der Waals surface area contributed by atoms with Gasteiger partial charge < -0.3 is 30.2 Å². The Bertz CT molecular complexity index is 1300. The van der Waals surface area contributed by atoms with Crippen LogP contribution in [0.4, 0.5) is 15.1 Å². The molecule has 0 radical (unpaired) electrons. The Morgan fingerprint density at radius 1 is 1.11 bits per heavy atom. The maximum Gasteiger partial charge on any atom is 0.412 e. The molecule has 1 aliphatic heterocycles. The van der Waals surface area contributed by atoms with Gasteiger partial charge in [-0.05, 0) is 50.1 Å². The van der Waals surface area contributed by atoms with Gasteiger partial charge in [-0.2, -0.15) is 0 Å². The fourth-order valence-corrected chi connectivity index (χ4v) is 4.60. The zero-order valence-electron chi connectivity index (χ0n) is 20.9. The molecule has 3 aromatic rings. The smallest absolute Gasteiger partial charge is 0.376 e. The number of aromatic nitrogens is 4. The Hall–Kier alpha value is -3.90. The number of nitrogens with one attached hydrogen (secondary N) is 2. The second-order valence-electron chi connectivity index (χ2n) is 9.82. The first kappa shape index (κ1) is 25.7. The maximum absolute atomic E-state index is 13.7. The lowest BCUT2D eigenvalue weighted by atomic mass is 9.92. The van der Waals surface area contributed by atoms with Crippen LogP contribution in [0.15, 0.2) is 36.5 Å². The average molecular weight is 525 g/mol. The number of amides is 1. The van der Waals surface area contributed by atoms with Crippen LogP contribution in [0.25, 0.3) is 22.6 Å². The number of benzene rings is 1. The molecule has 1 saturated heterocycles. The van der Waals surface area contributed by atoms with Gasteiger partial charge in [0.15, 0.2) is 5.82 Å². The van der Waals surface area contributed by atoms with Crippen LogP contribution in [0.5, 0.6) is 0 Å². The standard InChI is InChI=1S/C26H29FN6O5/c1-26(23(34)38-24(28)35)13-36-22(37-14-26)21-32-19(15-7-9-16(27)10-8-15)20(33-21)18-11-12-29-25(31-18)30-17-5-3-2-4-6-17/h7-12,17,22H,2-6,13-14H2,1H3,(H2,28,35)(H,32,33)(H,29,30,31). The molecule has 1 amide bonds. The first-order valence-electron chi connectivity index (χ1n) is 12.5. The number of primary amides is 1. The highest BCUT2D eigenvalue weighted by Crippen LogP contribution is 2.36. The van der Waals surface area contributed by atoms with E-state index in [1.54, 1.807) is 31.3 Å². The van der Waals surface area contributed by atoms with Crippen molar-refractivity contribution in [1.29, 1.82) is 0 Å². The second kappa shape index (κ2) is 10.8. The van der Waals surface area contributed by atoms with Crippen LogP contribution in [-0.2, 0) is 19.0 Å². The van der Waals surface area contributed by atoms with Crippen molar-refractivity contribution in [3.8, 4) is 22.6 Å². The number of carbonyl (C=O) groups is 2. The summed E-state index contributed by atoms with van der Waals surface area (Å²) in [4.78, 5) is 40.3. The van der Waals surface area contributed by atoms with Gasteiger partial charge in [-0.25, -0.2) is 24.1 Å². The fraction of sp³-hybridized carbons (Fsp3) is 0.423. The number of nitrogens with two attached hydrogens (primary N) is 1. The average Bonchev–Trinajstić information content (AvgIpc) is 3.35. The van der Waals surface area contributed by atoms with Crippen molar-refractivity contribution < 1.29 is 28.2 Å². The molecule has 0 bridgehead atoms. The summed E-state index contributed by atoms with van der Waals surface area (Å²) in [7, 11) is 0. The Labute approximate surface area is 218 Å². The molecule has 3 heterocycles. The van der Waals surface area contributed by atoms with E-state index in [1.807, 2.05) is 0 Å². The Morgan fingerprint density at radius 3 is 2.50 bits per heavy atom. The van der Waals surface area contributed by atoms with Gasteiger partial charge in [-0.3, -0.25) is 4.79 Å². The van der Waals surface area contributed by atoms with E-state index in [0.29, 0.717) is 40.5 Å². The normalized spacial score (nSPS) is 22.1. The molecule has 1 aromatic carbocycles. The first-order valence-corrected chi connectivity index (χ1v) is 12.5. The van der Waals surface area contributed by atoms with Crippen LogP contribution in [0.1, 0.15) is 51.1 Å². The van der Waals surface area contributed by atoms with E-state index in [0.717, 1.165) is 12.8 Å².